The van der Waals surface area contributed by atoms with Gasteiger partial charge >= 0.3 is 0 Å². The van der Waals surface area contributed by atoms with Gasteiger partial charge in [-0.3, -0.25) is 4.79 Å². The highest BCUT2D eigenvalue weighted by molar-refractivity contribution is 6.03. The molecule has 3 heteroatoms. The van der Waals surface area contributed by atoms with E-state index in [4.69, 9.17) is 0 Å². The lowest BCUT2D eigenvalue weighted by atomic mass is 10.0. The Morgan fingerprint density at radius 1 is 1.12 bits per heavy atom. The molecule has 0 saturated heterocycles. The van der Waals surface area contributed by atoms with Gasteiger partial charge in [0.25, 0.3) is 0 Å². The monoisotopic (exact) mass is 218 g/mol. The lowest BCUT2D eigenvalue weighted by molar-refractivity contribution is -0.117. The van der Waals surface area contributed by atoms with E-state index in [-0.39, 0.29) is 11.4 Å². The molecule has 0 aromatic heterocycles. The summed E-state index contributed by atoms with van der Waals surface area (Å²) in [5.74, 6) is 0.147. The van der Waals surface area contributed by atoms with Crippen LogP contribution in [0.1, 0.15) is 20.8 Å². The number of nitrogens with zero attached hydrogens (tertiary/aromatic N) is 2. The van der Waals surface area contributed by atoms with Gasteiger partial charge in [-0.25, -0.2) is 0 Å². The Hall–Kier alpha value is -1.51. The molecule has 0 radical (unpaired) electrons. The van der Waals surface area contributed by atoms with Crippen molar-refractivity contribution in [2.75, 3.05) is 23.4 Å². The molecular weight excluding hydrogens is 200 g/mol. The average molecular weight is 218 g/mol. The summed E-state index contributed by atoms with van der Waals surface area (Å²) >= 11 is 0. The van der Waals surface area contributed by atoms with E-state index in [1.165, 1.54) is 0 Å². The second-order valence-corrected chi connectivity index (χ2v) is 5.20. The van der Waals surface area contributed by atoms with Crippen LogP contribution >= 0.6 is 0 Å². The molecule has 0 bridgehead atoms. The van der Waals surface area contributed by atoms with Crippen LogP contribution in [0.4, 0.5) is 11.4 Å². The van der Waals surface area contributed by atoms with E-state index in [1.54, 1.807) is 4.90 Å². The first-order chi connectivity index (χ1) is 7.41. The summed E-state index contributed by atoms with van der Waals surface area (Å²) in [5, 5.41) is 0. The molecule has 1 aliphatic rings. The number of hydrogen-bond donors (Lipinski definition) is 0. The van der Waals surface area contributed by atoms with Gasteiger partial charge in [-0.1, -0.05) is 12.1 Å². The minimum Gasteiger partial charge on any atom is -0.356 e. The molecule has 0 unspecified atom stereocenters. The highest BCUT2D eigenvalue weighted by atomic mass is 16.2. The molecule has 1 amide bonds. The Labute approximate surface area is 96.7 Å². The van der Waals surface area contributed by atoms with Gasteiger partial charge in [0.05, 0.1) is 17.9 Å². The largest absolute Gasteiger partial charge is 0.356 e. The number of carbonyl (C=O) groups excluding carboxylic acids is 1. The molecular formula is C13H18N2O. The predicted molar refractivity (Wildman–Crippen MR) is 67.0 cm³/mol. The highest BCUT2D eigenvalue weighted by Gasteiger charge is 2.32. The molecule has 0 saturated carbocycles. The second kappa shape index (κ2) is 3.51. The summed E-state index contributed by atoms with van der Waals surface area (Å²) in [7, 11) is 1.83. The molecule has 0 fully saturated rings. The van der Waals surface area contributed by atoms with Gasteiger partial charge in [0.15, 0.2) is 0 Å². The van der Waals surface area contributed by atoms with E-state index in [0.717, 1.165) is 11.4 Å². The number of hydrogen-bond acceptors (Lipinski definition) is 2. The van der Waals surface area contributed by atoms with Crippen molar-refractivity contribution >= 4 is 17.3 Å². The Morgan fingerprint density at radius 3 is 2.25 bits per heavy atom. The van der Waals surface area contributed by atoms with Gasteiger partial charge in [0.2, 0.25) is 5.91 Å². The van der Waals surface area contributed by atoms with Crippen LogP contribution in [0, 0.1) is 0 Å². The molecule has 2 rings (SSSR count). The Morgan fingerprint density at radius 2 is 1.69 bits per heavy atom. The summed E-state index contributed by atoms with van der Waals surface area (Å²) in [6.07, 6.45) is 0. The van der Waals surface area contributed by atoms with Gasteiger partial charge in [0, 0.05) is 12.6 Å². The smallest absolute Gasteiger partial charge is 0.246 e. The fourth-order valence-electron chi connectivity index (χ4n) is 2.04. The van der Waals surface area contributed by atoms with E-state index in [2.05, 4.69) is 31.7 Å². The molecule has 1 heterocycles. The zero-order chi connectivity index (χ0) is 11.9. The van der Waals surface area contributed by atoms with Crippen molar-refractivity contribution in [3.63, 3.8) is 0 Å². The lowest BCUT2D eigenvalue weighted by Gasteiger charge is -2.43. The first-order valence-electron chi connectivity index (χ1n) is 5.54. The van der Waals surface area contributed by atoms with Crippen LogP contribution in [0.3, 0.4) is 0 Å². The van der Waals surface area contributed by atoms with Crippen LogP contribution in [-0.4, -0.2) is 25.0 Å². The van der Waals surface area contributed by atoms with Crippen molar-refractivity contribution in [2.45, 2.75) is 26.3 Å². The first-order valence-corrected chi connectivity index (χ1v) is 5.54. The van der Waals surface area contributed by atoms with Gasteiger partial charge in [-0.2, -0.15) is 0 Å². The van der Waals surface area contributed by atoms with Crippen molar-refractivity contribution in [2.24, 2.45) is 0 Å². The summed E-state index contributed by atoms with van der Waals surface area (Å²) in [5.41, 5.74) is 2.10. The molecule has 86 valence electrons. The molecule has 3 nitrogen and oxygen atoms in total. The zero-order valence-corrected chi connectivity index (χ0v) is 10.3. The zero-order valence-electron chi connectivity index (χ0n) is 10.3. The number of anilines is 2. The summed E-state index contributed by atoms with van der Waals surface area (Å²) < 4.78 is 0. The molecule has 1 aliphatic heterocycles. The fraction of sp³-hybridized carbons (Fsp3) is 0.462. The molecule has 0 aliphatic carbocycles. The van der Waals surface area contributed by atoms with Crippen molar-refractivity contribution in [1.82, 2.24) is 0 Å². The number of amides is 1. The van der Waals surface area contributed by atoms with Gasteiger partial charge in [0.1, 0.15) is 0 Å². The van der Waals surface area contributed by atoms with E-state index >= 15 is 0 Å². The van der Waals surface area contributed by atoms with Crippen molar-refractivity contribution < 1.29 is 4.79 Å². The summed E-state index contributed by atoms with van der Waals surface area (Å²) in [4.78, 5) is 15.8. The maximum atomic E-state index is 11.9. The molecule has 1 aromatic carbocycles. The third-order valence-corrected chi connectivity index (χ3v) is 3.01. The average Bonchev–Trinajstić information content (AvgIpc) is 2.22. The standard InChI is InChI=1S/C13H18N2O/c1-13(2,3)15-9-12(16)14(4)10-7-5-6-8-11(10)15/h5-8H,9H2,1-4H3. The van der Waals surface area contributed by atoms with Crippen LogP contribution in [0.5, 0.6) is 0 Å². The Bertz CT molecular complexity index is 420. The minimum atomic E-state index is -0.0347. The number of likely N-dealkylation sites (N-methyl/N-ethyl adjacent to an activating group) is 1. The summed E-state index contributed by atoms with van der Waals surface area (Å²) in [6, 6.07) is 8.05. The van der Waals surface area contributed by atoms with Crippen molar-refractivity contribution in [3.05, 3.63) is 24.3 Å². The van der Waals surface area contributed by atoms with Crippen molar-refractivity contribution in [1.29, 1.82) is 0 Å². The molecule has 1 aromatic rings. The van der Waals surface area contributed by atoms with Crippen LogP contribution < -0.4 is 9.80 Å². The number of rotatable bonds is 0. The Kier molecular flexibility index (Phi) is 2.41. The van der Waals surface area contributed by atoms with Gasteiger partial charge in [-0.05, 0) is 32.9 Å². The first kappa shape index (κ1) is 11.0. The molecule has 16 heavy (non-hydrogen) atoms. The molecule has 0 spiro atoms. The molecule has 0 atom stereocenters. The fourth-order valence-corrected chi connectivity index (χ4v) is 2.04. The maximum absolute atomic E-state index is 11.9. The van der Waals surface area contributed by atoms with Gasteiger partial charge in [-0.15, -0.1) is 0 Å². The number of carbonyl (C=O) groups is 1. The minimum absolute atomic E-state index is 0.0347. The summed E-state index contributed by atoms with van der Waals surface area (Å²) in [6.45, 7) is 6.84. The predicted octanol–water partition coefficient (Wildman–Crippen LogP) is 2.27. The topological polar surface area (TPSA) is 23.6 Å². The number of benzene rings is 1. The quantitative estimate of drug-likeness (QED) is 0.667. The van der Waals surface area contributed by atoms with Crippen LogP contribution in [0.15, 0.2) is 24.3 Å². The van der Waals surface area contributed by atoms with Crippen LogP contribution in [0.25, 0.3) is 0 Å². The second-order valence-electron chi connectivity index (χ2n) is 5.20. The van der Waals surface area contributed by atoms with E-state index < -0.39 is 0 Å². The SMILES string of the molecule is CN1C(=O)CN(C(C)(C)C)c2ccccc21. The van der Waals surface area contributed by atoms with E-state index in [0.29, 0.717) is 6.54 Å². The number of fused-ring (bicyclic) bond motifs is 1. The van der Waals surface area contributed by atoms with Crippen molar-refractivity contribution in [3.8, 4) is 0 Å². The number of para-hydroxylation sites is 2. The normalized spacial score (nSPS) is 16.4. The van der Waals surface area contributed by atoms with Crippen LogP contribution in [-0.2, 0) is 4.79 Å². The third kappa shape index (κ3) is 1.66. The maximum Gasteiger partial charge on any atom is 0.246 e. The molecule has 0 N–H and O–H groups in total. The third-order valence-electron chi connectivity index (χ3n) is 3.01. The van der Waals surface area contributed by atoms with Crippen LogP contribution in [0.2, 0.25) is 0 Å². The highest BCUT2D eigenvalue weighted by Crippen LogP contribution is 2.36. The van der Waals surface area contributed by atoms with E-state index in [9.17, 15) is 4.79 Å². The van der Waals surface area contributed by atoms with E-state index in [1.807, 2.05) is 25.2 Å². The Balaban J connectivity index is 2.53. The van der Waals surface area contributed by atoms with Gasteiger partial charge < -0.3 is 9.80 Å². The lowest BCUT2D eigenvalue weighted by Crippen LogP contribution is -2.51.